The summed E-state index contributed by atoms with van der Waals surface area (Å²) in [6, 6.07) is 20.3. The number of sulfonamides is 1. The molecule has 1 aliphatic heterocycles. The molecule has 0 bridgehead atoms. The van der Waals surface area contributed by atoms with Crippen LogP contribution in [0.15, 0.2) is 96.4 Å². The molecule has 4 amide bonds. The second-order valence-corrected chi connectivity index (χ2v) is 19.3. The summed E-state index contributed by atoms with van der Waals surface area (Å²) in [6.45, 7) is 17.3. The van der Waals surface area contributed by atoms with Crippen molar-refractivity contribution in [2.24, 2.45) is 5.41 Å². The van der Waals surface area contributed by atoms with Crippen molar-refractivity contribution in [3.05, 3.63) is 97.1 Å². The normalized spacial score (nSPS) is 17.1. The molecule has 4 aromatic rings. The topological polar surface area (TPSA) is 182 Å². The Balaban J connectivity index is 1.53. The Hall–Kier alpha value is -5.96. The number of nitrogens with zero attached hydrogens (tertiary/aromatic N) is 2. The summed E-state index contributed by atoms with van der Waals surface area (Å²) in [5.74, 6) is -1.25. The van der Waals surface area contributed by atoms with Crippen LogP contribution in [-0.2, 0) is 29.1 Å². The lowest BCUT2D eigenvalue weighted by molar-refractivity contribution is -0.143. The average molecular weight is 856 g/mol. The average Bonchev–Trinajstić information content (AvgIpc) is 3.62. The van der Waals surface area contributed by atoms with Gasteiger partial charge in [-0.25, -0.2) is 22.9 Å². The molecule has 1 aromatic heterocycles. The maximum absolute atomic E-state index is 14.8. The Morgan fingerprint density at radius 3 is 2.23 bits per heavy atom. The Kier molecular flexibility index (Phi) is 13.9. The third-order valence-corrected chi connectivity index (χ3v) is 11.6. The highest BCUT2D eigenvalue weighted by Gasteiger charge is 2.48. The standard InChI is InChI=1S/C46H57N5O9S/c1-11-12-24-46(9,42(54)50-61(56,57)33-21-18-29(2)19-22-33)49-40(52)37-26-32(28-51(37)41(53)39(44(3,4)5)48-43(55)60-45(6,7)8)59-38-27-35(30-16-14-13-15-17-30)47-36-25-31(58-10)20-23-34(36)38/h11,13-23,25,27,32,37,39H,1,12,24,26,28H2,2-10H3,(H,48,55)(H,49,52)(H,50,54)/t32-,37+,39?,46+/m1/s1. The van der Waals surface area contributed by atoms with Crippen LogP contribution in [0.25, 0.3) is 22.2 Å². The third-order valence-electron chi connectivity index (χ3n) is 10.3. The van der Waals surface area contributed by atoms with Gasteiger partial charge in [0.15, 0.2) is 0 Å². The number of carbonyl (C=O) groups excluding carboxylic acids is 4. The number of methoxy groups -OCH3 is 1. The number of carbonyl (C=O) groups is 4. The van der Waals surface area contributed by atoms with Gasteiger partial charge in [0.25, 0.3) is 15.9 Å². The van der Waals surface area contributed by atoms with Crippen molar-refractivity contribution >= 4 is 44.7 Å². The number of ether oxygens (including phenoxy) is 3. The van der Waals surface area contributed by atoms with Crippen LogP contribution in [0.3, 0.4) is 0 Å². The van der Waals surface area contributed by atoms with Crippen LogP contribution in [0.1, 0.15) is 73.3 Å². The van der Waals surface area contributed by atoms with Crippen LogP contribution < -0.4 is 24.8 Å². The van der Waals surface area contributed by atoms with Crippen LogP contribution in [0, 0.1) is 12.3 Å². The number of allylic oxidation sites excluding steroid dienone is 1. The summed E-state index contributed by atoms with van der Waals surface area (Å²) in [6.07, 6.45) is 0.164. The van der Waals surface area contributed by atoms with E-state index >= 15 is 0 Å². The first-order valence-electron chi connectivity index (χ1n) is 20.1. The zero-order valence-electron chi connectivity index (χ0n) is 36.3. The molecule has 15 heteroatoms. The Bertz CT molecular complexity index is 2370. The number of benzene rings is 3. The van der Waals surface area contributed by atoms with Gasteiger partial charge in [-0.3, -0.25) is 14.4 Å². The predicted octanol–water partition coefficient (Wildman–Crippen LogP) is 6.85. The zero-order valence-corrected chi connectivity index (χ0v) is 37.1. The summed E-state index contributed by atoms with van der Waals surface area (Å²) in [5, 5.41) is 6.18. The van der Waals surface area contributed by atoms with Gasteiger partial charge in [-0.15, -0.1) is 6.58 Å². The van der Waals surface area contributed by atoms with Crippen LogP contribution in [0.2, 0.25) is 0 Å². The van der Waals surface area contributed by atoms with Crippen molar-refractivity contribution in [1.29, 1.82) is 0 Å². The van der Waals surface area contributed by atoms with Crippen molar-refractivity contribution in [3.8, 4) is 22.8 Å². The number of alkyl carbamates (subject to hydrolysis) is 1. The maximum atomic E-state index is 14.8. The molecule has 2 heterocycles. The van der Waals surface area contributed by atoms with Crippen LogP contribution in [0.5, 0.6) is 11.5 Å². The number of amides is 4. The van der Waals surface area contributed by atoms with Gasteiger partial charge in [0.1, 0.15) is 40.8 Å². The number of fused-ring (bicyclic) bond motifs is 1. The number of aryl methyl sites for hydroxylation is 1. The molecule has 3 N–H and O–H groups in total. The van der Waals surface area contributed by atoms with Crippen LogP contribution in [-0.4, -0.2) is 85.1 Å². The highest BCUT2D eigenvalue weighted by atomic mass is 32.2. The highest BCUT2D eigenvalue weighted by Crippen LogP contribution is 2.35. The molecule has 0 aliphatic carbocycles. The molecule has 1 unspecified atom stereocenters. The van der Waals surface area contributed by atoms with Gasteiger partial charge >= 0.3 is 6.09 Å². The van der Waals surface area contributed by atoms with Gasteiger partial charge in [0, 0.05) is 29.5 Å². The fourth-order valence-corrected chi connectivity index (χ4v) is 8.02. The van der Waals surface area contributed by atoms with Crippen molar-refractivity contribution in [2.75, 3.05) is 13.7 Å². The van der Waals surface area contributed by atoms with Gasteiger partial charge in [-0.1, -0.05) is 74.9 Å². The van der Waals surface area contributed by atoms with E-state index in [1.54, 1.807) is 92.0 Å². The molecule has 0 spiro atoms. The number of likely N-dealkylation sites (tertiary alicyclic amines) is 1. The highest BCUT2D eigenvalue weighted by molar-refractivity contribution is 7.90. The summed E-state index contributed by atoms with van der Waals surface area (Å²) < 4.78 is 46.6. The van der Waals surface area contributed by atoms with E-state index in [2.05, 4.69) is 21.9 Å². The van der Waals surface area contributed by atoms with E-state index in [4.69, 9.17) is 19.2 Å². The van der Waals surface area contributed by atoms with Gasteiger partial charge in [0.05, 0.1) is 29.8 Å². The molecule has 5 rings (SSSR count). The maximum Gasteiger partial charge on any atom is 0.408 e. The fraction of sp³-hybridized carbons (Fsp3) is 0.413. The second-order valence-electron chi connectivity index (χ2n) is 17.6. The van der Waals surface area contributed by atoms with E-state index in [9.17, 15) is 27.6 Å². The molecule has 1 saturated heterocycles. The van der Waals surface area contributed by atoms with Crippen molar-refractivity contribution < 1.29 is 41.8 Å². The van der Waals surface area contributed by atoms with E-state index < -0.39 is 68.6 Å². The van der Waals surface area contributed by atoms with Crippen LogP contribution >= 0.6 is 0 Å². The molecule has 61 heavy (non-hydrogen) atoms. The van der Waals surface area contributed by atoms with Gasteiger partial charge in [-0.2, -0.15) is 0 Å². The van der Waals surface area contributed by atoms with E-state index in [0.717, 1.165) is 11.1 Å². The lowest BCUT2D eigenvalue weighted by Crippen LogP contribution is -2.62. The Morgan fingerprint density at radius 1 is 0.951 bits per heavy atom. The quantitative estimate of drug-likeness (QED) is 0.114. The first kappa shape index (κ1) is 46.1. The molecular formula is C46H57N5O9S. The third kappa shape index (κ3) is 11.5. The van der Waals surface area contributed by atoms with Crippen molar-refractivity contribution in [2.45, 2.75) is 109 Å². The van der Waals surface area contributed by atoms with E-state index in [0.29, 0.717) is 28.1 Å². The monoisotopic (exact) mass is 855 g/mol. The van der Waals surface area contributed by atoms with E-state index in [1.165, 1.54) is 24.0 Å². The van der Waals surface area contributed by atoms with Gasteiger partial charge < -0.3 is 29.7 Å². The van der Waals surface area contributed by atoms with E-state index in [1.807, 2.05) is 36.4 Å². The largest absolute Gasteiger partial charge is 0.497 e. The molecule has 1 aliphatic rings. The number of hydrogen-bond donors (Lipinski definition) is 3. The molecule has 14 nitrogen and oxygen atoms in total. The number of hydrogen-bond acceptors (Lipinski definition) is 10. The number of aromatic nitrogens is 1. The van der Waals surface area contributed by atoms with Gasteiger partial charge in [0.2, 0.25) is 11.8 Å². The fourth-order valence-electron chi connectivity index (χ4n) is 6.94. The van der Waals surface area contributed by atoms with Gasteiger partial charge in [-0.05, 0) is 77.1 Å². The molecular weight excluding hydrogens is 799 g/mol. The molecule has 0 saturated carbocycles. The first-order chi connectivity index (χ1) is 28.5. The van der Waals surface area contributed by atoms with Crippen molar-refractivity contribution in [1.82, 2.24) is 25.2 Å². The summed E-state index contributed by atoms with van der Waals surface area (Å²) >= 11 is 0. The Morgan fingerprint density at radius 2 is 1.62 bits per heavy atom. The number of nitrogens with one attached hydrogen (secondary N) is 3. The smallest absolute Gasteiger partial charge is 0.408 e. The second kappa shape index (κ2) is 18.3. The lowest BCUT2D eigenvalue weighted by atomic mass is 9.85. The Labute approximate surface area is 358 Å². The SMILES string of the molecule is C=CCC[C@](C)(NC(=O)[C@@H]1C[C@@H](Oc2cc(-c3ccccc3)nc3cc(OC)ccc23)CN1C(=O)C(NC(=O)OC(C)(C)C)C(C)(C)C)C(=O)NS(=O)(=O)c1ccc(C)cc1. The first-order valence-corrected chi connectivity index (χ1v) is 21.6. The lowest BCUT2D eigenvalue weighted by Gasteiger charge is -2.36. The predicted molar refractivity (Wildman–Crippen MR) is 233 cm³/mol. The van der Waals surface area contributed by atoms with E-state index in [-0.39, 0.29) is 30.7 Å². The molecule has 4 atom stereocenters. The zero-order chi connectivity index (χ0) is 44.9. The molecule has 0 radical (unpaired) electrons. The minimum atomic E-state index is -4.33. The minimum Gasteiger partial charge on any atom is -0.497 e. The summed E-state index contributed by atoms with van der Waals surface area (Å²) in [5.41, 5.74) is -0.619. The number of pyridine rings is 1. The van der Waals surface area contributed by atoms with Crippen molar-refractivity contribution in [3.63, 3.8) is 0 Å². The number of rotatable bonds is 14. The molecule has 326 valence electrons. The minimum absolute atomic E-state index is 0.0162. The summed E-state index contributed by atoms with van der Waals surface area (Å²) in [7, 11) is -2.77. The summed E-state index contributed by atoms with van der Waals surface area (Å²) in [4.78, 5) is 62.7. The van der Waals surface area contributed by atoms with Crippen LogP contribution in [0.4, 0.5) is 4.79 Å². The molecule has 3 aromatic carbocycles. The molecule has 1 fully saturated rings.